The van der Waals surface area contributed by atoms with Gasteiger partial charge in [-0.25, -0.2) is 4.79 Å². The summed E-state index contributed by atoms with van der Waals surface area (Å²) in [6, 6.07) is 4.82. The van der Waals surface area contributed by atoms with E-state index in [4.69, 9.17) is 10.6 Å². The predicted octanol–water partition coefficient (Wildman–Crippen LogP) is 0.340. The first-order valence-corrected chi connectivity index (χ1v) is 12.7. The molecule has 2 amide bonds. The van der Waals surface area contributed by atoms with E-state index in [0.717, 1.165) is 16.6 Å². The van der Waals surface area contributed by atoms with Crippen LogP contribution >= 0.6 is 35.1 Å². The SMILES string of the molecule is CON=C(C(=O)NC1C(=O)N2C(C(=O)O)=C(C=CSc3cccc[n+]3C)CS[C@H]12)c1nsc(N)n1. The molecule has 182 valence electrons. The van der Waals surface area contributed by atoms with Crippen LogP contribution in [0, 0.1) is 0 Å². The van der Waals surface area contributed by atoms with Crippen molar-refractivity contribution >= 4 is 63.7 Å². The average molecular weight is 535 g/mol. The lowest BCUT2D eigenvalue weighted by atomic mass is 10.0. The zero-order valence-electron chi connectivity index (χ0n) is 18.4. The van der Waals surface area contributed by atoms with Crippen LogP contribution in [0.15, 0.2) is 57.3 Å². The fourth-order valence-corrected chi connectivity index (χ4v) is 5.91. The van der Waals surface area contributed by atoms with Gasteiger partial charge in [0.2, 0.25) is 16.6 Å². The number of rotatable bonds is 8. The van der Waals surface area contributed by atoms with Crippen molar-refractivity contribution in [3.63, 3.8) is 0 Å². The summed E-state index contributed by atoms with van der Waals surface area (Å²) in [5, 5.41) is 18.4. The van der Waals surface area contributed by atoms with Crippen LogP contribution in [-0.2, 0) is 26.3 Å². The Morgan fingerprint density at radius 2 is 2.26 bits per heavy atom. The zero-order valence-corrected chi connectivity index (χ0v) is 20.9. The molecule has 2 atom stereocenters. The van der Waals surface area contributed by atoms with Crippen molar-refractivity contribution in [1.29, 1.82) is 0 Å². The van der Waals surface area contributed by atoms with Crippen LogP contribution in [0.25, 0.3) is 0 Å². The van der Waals surface area contributed by atoms with Crippen molar-refractivity contribution < 1.29 is 28.9 Å². The van der Waals surface area contributed by atoms with Gasteiger partial charge in [-0.3, -0.25) is 14.5 Å². The Kier molecular flexibility index (Phi) is 7.37. The number of aromatic nitrogens is 3. The average Bonchev–Trinajstić information content (AvgIpc) is 3.27. The van der Waals surface area contributed by atoms with Crippen LogP contribution in [-0.4, -0.2) is 67.1 Å². The number of aliphatic carboxylic acids is 1. The first kappa shape index (κ1) is 24.7. The van der Waals surface area contributed by atoms with Gasteiger partial charge in [-0.1, -0.05) is 5.16 Å². The summed E-state index contributed by atoms with van der Waals surface area (Å²) in [6.07, 6.45) is 3.61. The summed E-state index contributed by atoms with van der Waals surface area (Å²) in [7, 11) is 3.17. The minimum absolute atomic E-state index is 0.0327. The Balaban J connectivity index is 1.50. The molecule has 4 heterocycles. The fourth-order valence-electron chi connectivity index (χ4n) is 3.40. The number of anilines is 1. The van der Waals surface area contributed by atoms with Gasteiger partial charge in [0.05, 0.1) is 0 Å². The molecule has 35 heavy (non-hydrogen) atoms. The highest BCUT2D eigenvalue weighted by molar-refractivity contribution is 8.02. The Morgan fingerprint density at radius 3 is 2.91 bits per heavy atom. The van der Waals surface area contributed by atoms with E-state index in [1.165, 1.54) is 35.5 Å². The molecule has 0 saturated carbocycles. The second-order valence-corrected chi connectivity index (χ2v) is 10.0. The monoisotopic (exact) mass is 534 g/mol. The lowest BCUT2D eigenvalue weighted by molar-refractivity contribution is -0.708. The maximum atomic E-state index is 12.9. The third kappa shape index (κ3) is 5.01. The number of allylic oxidation sites excluding steroid dienone is 1. The quantitative estimate of drug-likeness (QED) is 0.141. The molecule has 0 radical (unpaired) electrons. The highest BCUT2D eigenvalue weighted by Gasteiger charge is 2.54. The molecule has 1 saturated heterocycles. The fraction of sp³-hybridized carbons (Fsp3) is 0.250. The van der Waals surface area contributed by atoms with Gasteiger partial charge in [-0.2, -0.15) is 13.9 Å². The van der Waals surface area contributed by atoms with Crippen LogP contribution in [0.3, 0.4) is 0 Å². The highest BCUT2D eigenvalue weighted by atomic mass is 32.2. The second-order valence-electron chi connectivity index (χ2n) is 7.19. The number of carboxylic acids is 1. The third-order valence-corrected chi connectivity index (χ3v) is 7.79. The third-order valence-electron chi connectivity index (χ3n) is 5.00. The number of hydrogen-bond acceptors (Lipinski definition) is 11. The van der Waals surface area contributed by atoms with E-state index in [-0.39, 0.29) is 22.4 Å². The number of nitrogen functional groups attached to an aromatic ring is 1. The molecule has 0 aliphatic carbocycles. The molecule has 2 aliphatic heterocycles. The van der Waals surface area contributed by atoms with Crippen molar-refractivity contribution in [3.8, 4) is 0 Å². The number of aryl methyl sites for hydroxylation is 1. The Morgan fingerprint density at radius 1 is 1.46 bits per heavy atom. The first-order chi connectivity index (χ1) is 16.8. The standard InChI is InChI=1S/C20H19N7O5S3/c1-26-7-4-3-5-11(26)33-8-6-10-9-34-18-13(17(29)27(18)14(10)19(30)31)22-16(28)12(24-32-2)15-23-20(21)35-25-15/h3-8,13,18H,9H2,1-2H3,(H3-,21,22,23,25,28,30,31)/p+1/t13?,18-/m1/s1. The summed E-state index contributed by atoms with van der Waals surface area (Å²) in [4.78, 5) is 47.6. The van der Waals surface area contributed by atoms with Gasteiger partial charge in [0.1, 0.15) is 31.3 Å². The lowest BCUT2D eigenvalue weighted by Crippen LogP contribution is -2.71. The van der Waals surface area contributed by atoms with Gasteiger partial charge in [-0.15, -0.1) is 11.8 Å². The number of nitrogens with one attached hydrogen (secondary N) is 1. The van der Waals surface area contributed by atoms with E-state index in [9.17, 15) is 19.5 Å². The number of carboxylic acid groups (broad SMARTS) is 1. The number of fused-ring (bicyclic) bond motifs is 1. The van der Waals surface area contributed by atoms with Gasteiger partial charge in [0.15, 0.2) is 11.3 Å². The number of β-lactam (4-membered cyclic amide) rings is 1. The maximum Gasteiger partial charge on any atom is 0.352 e. The minimum atomic E-state index is -1.22. The predicted molar refractivity (Wildman–Crippen MR) is 130 cm³/mol. The number of thioether (sulfide) groups is 2. The molecule has 0 spiro atoms. The molecule has 1 unspecified atom stereocenters. The van der Waals surface area contributed by atoms with Gasteiger partial charge in [0.25, 0.3) is 11.8 Å². The molecule has 4 N–H and O–H groups in total. The smallest absolute Gasteiger partial charge is 0.352 e. The molecule has 2 aromatic heterocycles. The van der Waals surface area contributed by atoms with Crippen LogP contribution in [0.4, 0.5) is 5.13 Å². The van der Waals surface area contributed by atoms with Crippen LogP contribution in [0.1, 0.15) is 5.82 Å². The summed E-state index contributed by atoms with van der Waals surface area (Å²) >= 11 is 3.67. The second kappa shape index (κ2) is 10.5. The zero-order chi connectivity index (χ0) is 25.1. The number of hydrogen-bond donors (Lipinski definition) is 3. The van der Waals surface area contributed by atoms with Crippen molar-refractivity contribution in [2.45, 2.75) is 16.4 Å². The largest absolute Gasteiger partial charge is 0.477 e. The van der Waals surface area contributed by atoms with E-state index < -0.39 is 29.2 Å². The Bertz CT molecular complexity index is 1280. The molecular weight excluding hydrogens is 514 g/mol. The summed E-state index contributed by atoms with van der Waals surface area (Å²) in [6.45, 7) is 0. The van der Waals surface area contributed by atoms with E-state index in [1.807, 2.05) is 36.0 Å². The van der Waals surface area contributed by atoms with Crippen molar-refractivity contribution in [3.05, 3.63) is 53.0 Å². The first-order valence-electron chi connectivity index (χ1n) is 10.0. The minimum Gasteiger partial charge on any atom is -0.477 e. The topological polar surface area (TPSA) is 164 Å². The number of amides is 2. The maximum absolute atomic E-state index is 12.9. The number of nitrogens with zero attached hydrogens (tertiary/aromatic N) is 5. The summed E-state index contributed by atoms with van der Waals surface area (Å²) in [5.41, 5.74) is 5.74. The van der Waals surface area contributed by atoms with Crippen LogP contribution < -0.4 is 15.6 Å². The highest BCUT2D eigenvalue weighted by Crippen LogP contribution is 2.41. The summed E-state index contributed by atoms with van der Waals surface area (Å²) in [5.74, 6) is -2.17. The molecule has 4 rings (SSSR count). The van der Waals surface area contributed by atoms with Crippen LogP contribution in [0.5, 0.6) is 0 Å². The normalized spacial score (nSPS) is 20.0. The Hall–Kier alpha value is -3.43. The van der Waals surface area contributed by atoms with E-state index in [2.05, 4.69) is 19.8 Å². The molecule has 0 aromatic carbocycles. The number of carbonyl (C=O) groups excluding carboxylic acids is 2. The molecule has 2 aromatic rings. The molecular formula is C20H20N7O5S3+. The van der Waals surface area contributed by atoms with Gasteiger partial charge in [0, 0.05) is 29.4 Å². The van der Waals surface area contributed by atoms with Crippen molar-refractivity contribution in [2.24, 2.45) is 12.2 Å². The Labute approximate surface area is 212 Å². The molecule has 12 nitrogen and oxygen atoms in total. The molecule has 2 aliphatic rings. The number of nitrogens with two attached hydrogens (primary N) is 1. The lowest BCUT2D eigenvalue weighted by Gasteiger charge is -2.49. The number of pyridine rings is 1. The van der Waals surface area contributed by atoms with Gasteiger partial charge >= 0.3 is 5.97 Å². The van der Waals surface area contributed by atoms with Gasteiger partial charge < -0.3 is 21.0 Å². The van der Waals surface area contributed by atoms with Crippen LogP contribution in [0.2, 0.25) is 0 Å². The van der Waals surface area contributed by atoms with E-state index in [1.54, 1.807) is 11.5 Å². The molecule has 1 fully saturated rings. The van der Waals surface area contributed by atoms with E-state index >= 15 is 0 Å². The number of carbonyl (C=O) groups is 3. The van der Waals surface area contributed by atoms with E-state index in [0.29, 0.717) is 11.3 Å². The number of oxime groups is 1. The molecule has 0 bridgehead atoms. The van der Waals surface area contributed by atoms with Crippen molar-refractivity contribution in [2.75, 3.05) is 18.6 Å². The van der Waals surface area contributed by atoms with Crippen molar-refractivity contribution in [1.82, 2.24) is 19.6 Å². The van der Waals surface area contributed by atoms with Gasteiger partial charge in [-0.05, 0) is 34.9 Å². The molecule has 15 heteroatoms. The summed E-state index contributed by atoms with van der Waals surface area (Å²) < 4.78 is 5.89.